The maximum Gasteiger partial charge on any atom is 0.455 e. The summed E-state index contributed by atoms with van der Waals surface area (Å²) in [6.07, 6.45) is 5.88. The van der Waals surface area contributed by atoms with Crippen molar-refractivity contribution in [1.29, 1.82) is 0 Å². The average Bonchev–Trinajstić information content (AvgIpc) is 2.88. The maximum atomic E-state index is 13.7. The number of carbonyl (C=O) groups is 2. The highest BCUT2D eigenvalue weighted by Crippen LogP contribution is 2.51. The molecule has 2 aromatic carbocycles. The van der Waals surface area contributed by atoms with E-state index < -0.39 is 13.0 Å². The lowest BCUT2D eigenvalue weighted by Gasteiger charge is -2.47. The number of allylic oxidation sites excluding steroid dienone is 2. The van der Waals surface area contributed by atoms with Crippen LogP contribution in [0.5, 0.6) is 5.75 Å². The van der Waals surface area contributed by atoms with Crippen LogP contribution in [0.25, 0.3) is 6.08 Å². The molecule has 2 N–H and O–H groups in total. The molecule has 4 atom stereocenters. The monoisotopic (exact) mass is 484 g/mol. The third-order valence-corrected chi connectivity index (χ3v) is 8.21. The molecule has 186 valence electrons. The van der Waals surface area contributed by atoms with Gasteiger partial charge in [-0.2, -0.15) is 0 Å². The molecule has 0 amide bonds. The Labute approximate surface area is 213 Å². The zero-order valence-corrected chi connectivity index (χ0v) is 20.9. The molecule has 5 nitrogen and oxygen atoms in total. The van der Waals surface area contributed by atoms with Crippen LogP contribution in [-0.2, 0) is 4.65 Å². The molecule has 1 heterocycles. The van der Waals surface area contributed by atoms with E-state index in [9.17, 15) is 19.7 Å². The largest absolute Gasteiger partial charge is 0.508 e. The van der Waals surface area contributed by atoms with Crippen molar-refractivity contribution in [1.82, 2.24) is 0 Å². The van der Waals surface area contributed by atoms with Gasteiger partial charge in [0.1, 0.15) is 5.75 Å². The van der Waals surface area contributed by atoms with Crippen LogP contribution in [0.15, 0.2) is 65.3 Å². The molecule has 0 bridgehead atoms. The summed E-state index contributed by atoms with van der Waals surface area (Å²) in [4.78, 5) is 27.1. The van der Waals surface area contributed by atoms with Gasteiger partial charge in [-0.1, -0.05) is 67.5 Å². The van der Waals surface area contributed by atoms with E-state index in [4.69, 9.17) is 4.65 Å². The highest BCUT2D eigenvalue weighted by Gasteiger charge is 2.53. The molecular formula is C30H33BO5. The van der Waals surface area contributed by atoms with Crippen molar-refractivity contribution in [2.75, 3.05) is 0 Å². The number of Topliss-reactive ketones (excluding diaryl/α,β-unsaturated/α-hetero) is 2. The van der Waals surface area contributed by atoms with Gasteiger partial charge >= 0.3 is 7.12 Å². The minimum absolute atomic E-state index is 0.0266. The van der Waals surface area contributed by atoms with E-state index in [1.54, 1.807) is 24.3 Å². The Morgan fingerprint density at radius 3 is 2.50 bits per heavy atom. The van der Waals surface area contributed by atoms with Gasteiger partial charge in [0, 0.05) is 23.0 Å². The zero-order valence-electron chi connectivity index (χ0n) is 20.9. The van der Waals surface area contributed by atoms with Crippen molar-refractivity contribution in [3.8, 4) is 5.75 Å². The number of phenolic OH excluding ortho intramolecular Hbond substituents is 1. The normalized spacial score (nSPS) is 26.0. The van der Waals surface area contributed by atoms with E-state index >= 15 is 0 Å². The molecule has 2 aromatic rings. The van der Waals surface area contributed by atoms with Gasteiger partial charge in [0.25, 0.3) is 0 Å². The number of hydrogen-bond donors (Lipinski definition) is 2. The van der Waals surface area contributed by atoms with E-state index in [1.165, 1.54) is 11.1 Å². The fourth-order valence-electron chi connectivity index (χ4n) is 6.53. The summed E-state index contributed by atoms with van der Waals surface area (Å²) in [5.74, 6) is -0.661. The summed E-state index contributed by atoms with van der Waals surface area (Å²) in [5.41, 5.74) is 5.57. The molecule has 0 spiro atoms. The first-order valence-corrected chi connectivity index (χ1v) is 13.1. The highest BCUT2D eigenvalue weighted by molar-refractivity contribution is 6.43. The highest BCUT2D eigenvalue weighted by atomic mass is 16.5. The first-order valence-electron chi connectivity index (χ1n) is 13.1. The minimum atomic E-state index is -0.958. The van der Waals surface area contributed by atoms with Crippen LogP contribution >= 0.6 is 0 Å². The molecule has 2 aliphatic carbocycles. The van der Waals surface area contributed by atoms with Crippen LogP contribution in [0.4, 0.5) is 0 Å². The first-order chi connectivity index (χ1) is 17.4. The van der Waals surface area contributed by atoms with Crippen molar-refractivity contribution in [3.05, 3.63) is 81.9 Å². The summed E-state index contributed by atoms with van der Waals surface area (Å²) in [6, 6.07) is 14.4. The molecule has 6 heteroatoms. The van der Waals surface area contributed by atoms with E-state index in [0.717, 1.165) is 30.4 Å². The summed E-state index contributed by atoms with van der Waals surface area (Å²) in [7, 11) is -0.958. The van der Waals surface area contributed by atoms with E-state index in [2.05, 4.69) is 19.9 Å². The molecule has 36 heavy (non-hydrogen) atoms. The first kappa shape index (κ1) is 24.7. The van der Waals surface area contributed by atoms with E-state index in [1.807, 2.05) is 24.3 Å². The summed E-state index contributed by atoms with van der Waals surface area (Å²) in [5, 5.41) is 20.5. The SMILES string of the molecule is CCC1=C2[C@@H](CC/C(=C/c3cccc(O)c3)CC)OB(O)C[C@@H]2[C@@H]2C(=O)c3ccccc3C(=O)[C@@H]2C1. The Morgan fingerprint density at radius 2 is 1.81 bits per heavy atom. The molecule has 0 radical (unpaired) electrons. The Kier molecular flexibility index (Phi) is 7.00. The Bertz CT molecular complexity index is 1250. The lowest BCUT2D eigenvalue weighted by molar-refractivity contribution is 0.0599. The van der Waals surface area contributed by atoms with Crippen LogP contribution in [-0.4, -0.2) is 34.9 Å². The second-order valence-electron chi connectivity index (χ2n) is 10.2. The molecule has 0 aromatic heterocycles. The zero-order chi connectivity index (χ0) is 25.4. The van der Waals surface area contributed by atoms with Crippen molar-refractivity contribution in [3.63, 3.8) is 0 Å². The standard InChI is InChI=1S/C30H33BO5/c1-3-18(14-19-8-7-9-21(32)15-19)12-13-26-27-20(4-2)16-24-28(25(27)17-31(35)36-26)30(34)23-11-6-5-10-22(23)29(24)33/h5-11,14-15,24-26,28,32,35H,3-4,12-13,16-17H2,1-2H3/b18-14+/t24-,25+,26-,28-/m1/s1. The topological polar surface area (TPSA) is 83.8 Å². The molecular weight excluding hydrogens is 451 g/mol. The molecule has 5 rings (SSSR count). The number of rotatable bonds is 6. The van der Waals surface area contributed by atoms with E-state index in [0.29, 0.717) is 30.3 Å². The predicted octanol–water partition coefficient (Wildman–Crippen LogP) is 5.88. The number of phenols is 1. The van der Waals surface area contributed by atoms with Crippen molar-refractivity contribution in [2.24, 2.45) is 17.8 Å². The van der Waals surface area contributed by atoms with Gasteiger partial charge in [0.05, 0.1) is 6.10 Å². The minimum Gasteiger partial charge on any atom is -0.508 e. The number of ketones is 2. The molecule has 1 fully saturated rings. The Hall–Kier alpha value is -2.96. The van der Waals surface area contributed by atoms with Gasteiger partial charge in [-0.3, -0.25) is 9.59 Å². The molecule has 1 aliphatic heterocycles. The Morgan fingerprint density at radius 1 is 1.06 bits per heavy atom. The third kappa shape index (κ3) is 4.49. The van der Waals surface area contributed by atoms with Gasteiger partial charge in [-0.05, 0) is 67.6 Å². The quantitative estimate of drug-likeness (QED) is 0.395. The van der Waals surface area contributed by atoms with Gasteiger partial charge in [0.15, 0.2) is 11.6 Å². The van der Waals surface area contributed by atoms with Crippen LogP contribution in [0.1, 0.15) is 72.2 Å². The predicted molar refractivity (Wildman–Crippen MR) is 141 cm³/mol. The van der Waals surface area contributed by atoms with Crippen LogP contribution in [0.2, 0.25) is 6.32 Å². The van der Waals surface area contributed by atoms with Gasteiger partial charge in [-0.25, -0.2) is 0 Å². The van der Waals surface area contributed by atoms with Gasteiger partial charge in [-0.15, -0.1) is 0 Å². The second-order valence-corrected chi connectivity index (χ2v) is 10.2. The smallest absolute Gasteiger partial charge is 0.455 e. The summed E-state index contributed by atoms with van der Waals surface area (Å²) < 4.78 is 6.10. The van der Waals surface area contributed by atoms with Gasteiger partial charge in [0.2, 0.25) is 0 Å². The lowest BCUT2D eigenvalue weighted by Crippen LogP contribution is -2.50. The number of benzene rings is 2. The van der Waals surface area contributed by atoms with Crippen LogP contribution in [0.3, 0.4) is 0 Å². The molecule has 1 saturated heterocycles. The fourth-order valence-corrected chi connectivity index (χ4v) is 6.53. The van der Waals surface area contributed by atoms with Crippen LogP contribution < -0.4 is 0 Å². The van der Waals surface area contributed by atoms with Crippen molar-refractivity contribution in [2.45, 2.75) is 58.4 Å². The summed E-state index contributed by atoms with van der Waals surface area (Å²) in [6.45, 7) is 4.21. The fraction of sp³-hybridized carbons (Fsp3) is 0.400. The molecule has 0 saturated carbocycles. The number of fused-ring (bicyclic) bond motifs is 4. The number of carbonyl (C=O) groups excluding carboxylic acids is 2. The van der Waals surface area contributed by atoms with Crippen molar-refractivity contribution < 1.29 is 24.4 Å². The molecule has 3 aliphatic rings. The number of hydrogen-bond acceptors (Lipinski definition) is 5. The maximum absolute atomic E-state index is 13.7. The van der Waals surface area contributed by atoms with Crippen molar-refractivity contribution >= 4 is 24.8 Å². The van der Waals surface area contributed by atoms with E-state index in [-0.39, 0.29) is 35.3 Å². The second kappa shape index (κ2) is 10.2. The molecule has 0 unspecified atom stereocenters. The van der Waals surface area contributed by atoms with Gasteiger partial charge < -0.3 is 14.8 Å². The third-order valence-electron chi connectivity index (χ3n) is 8.21. The van der Waals surface area contributed by atoms with Crippen LogP contribution in [0, 0.1) is 17.8 Å². The lowest BCUT2D eigenvalue weighted by atomic mass is 9.54. The average molecular weight is 484 g/mol. The number of aromatic hydroxyl groups is 1. The Balaban J connectivity index is 1.45. The summed E-state index contributed by atoms with van der Waals surface area (Å²) >= 11 is 0.